The van der Waals surface area contributed by atoms with Gasteiger partial charge in [0.25, 0.3) is 5.91 Å². The normalized spacial score (nSPS) is 10.5. The van der Waals surface area contributed by atoms with E-state index in [1.54, 1.807) is 18.2 Å². The SMILES string of the molecule is Cc1cccc(NC(=O)c2ccc(Br)cc2OC(C)C)n1. The minimum Gasteiger partial charge on any atom is -0.490 e. The van der Waals surface area contributed by atoms with E-state index in [4.69, 9.17) is 4.74 Å². The van der Waals surface area contributed by atoms with Crippen molar-refractivity contribution in [2.75, 3.05) is 5.32 Å². The minimum absolute atomic E-state index is 0.0112. The van der Waals surface area contributed by atoms with Gasteiger partial charge in [0.05, 0.1) is 11.7 Å². The van der Waals surface area contributed by atoms with Gasteiger partial charge in [-0.15, -0.1) is 0 Å². The van der Waals surface area contributed by atoms with Crippen molar-refractivity contribution in [1.29, 1.82) is 0 Å². The largest absolute Gasteiger partial charge is 0.490 e. The fourth-order valence-electron chi connectivity index (χ4n) is 1.83. The summed E-state index contributed by atoms with van der Waals surface area (Å²) in [4.78, 5) is 16.7. The van der Waals surface area contributed by atoms with Crippen molar-refractivity contribution in [3.8, 4) is 5.75 Å². The molecule has 0 aliphatic heterocycles. The van der Waals surface area contributed by atoms with Gasteiger partial charge in [-0.25, -0.2) is 4.98 Å². The molecule has 2 rings (SSSR count). The third-order valence-corrected chi connectivity index (χ3v) is 3.17. The highest BCUT2D eigenvalue weighted by Gasteiger charge is 2.15. The van der Waals surface area contributed by atoms with Crippen LogP contribution in [-0.4, -0.2) is 17.0 Å². The van der Waals surface area contributed by atoms with Gasteiger partial charge in [-0.05, 0) is 51.1 Å². The molecule has 0 atom stereocenters. The zero-order valence-electron chi connectivity index (χ0n) is 12.2. The smallest absolute Gasteiger partial charge is 0.260 e. The van der Waals surface area contributed by atoms with Crippen LogP contribution in [0.5, 0.6) is 5.75 Å². The molecule has 0 saturated heterocycles. The van der Waals surface area contributed by atoms with E-state index in [0.29, 0.717) is 17.1 Å². The van der Waals surface area contributed by atoms with Gasteiger partial charge < -0.3 is 10.1 Å². The average molecular weight is 349 g/mol. The Morgan fingerprint density at radius 3 is 2.71 bits per heavy atom. The number of hydrogen-bond acceptors (Lipinski definition) is 3. The van der Waals surface area contributed by atoms with Crippen molar-refractivity contribution >= 4 is 27.7 Å². The molecule has 0 aliphatic carbocycles. The van der Waals surface area contributed by atoms with Gasteiger partial charge in [0, 0.05) is 10.2 Å². The van der Waals surface area contributed by atoms with Crippen LogP contribution in [-0.2, 0) is 0 Å². The summed E-state index contributed by atoms with van der Waals surface area (Å²) in [6.45, 7) is 5.72. The number of pyridine rings is 1. The first-order chi connectivity index (χ1) is 9.95. The molecule has 2 aromatic rings. The van der Waals surface area contributed by atoms with Crippen LogP contribution in [0.1, 0.15) is 29.9 Å². The van der Waals surface area contributed by atoms with Crippen LogP contribution in [0.15, 0.2) is 40.9 Å². The zero-order valence-corrected chi connectivity index (χ0v) is 13.8. The van der Waals surface area contributed by atoms with Crippen LogP contribution in [0.4, 0.5) is 5.82 Å². The first kappa shape index (κ1) is 15.5. The molecule has 0 spiro atoms. The van der Waals surface area contributed by atoms with Crippen LogP contribution in [0.3, 0.4) is 0 Å². The van der Waals surface area contributed by atoms with E-state index >= 15 is 0 Å². The number of benzene rings is 1. The van der Waals surface area contributed by atoms with Gasteiger partial charge in [0.1, 0.15) is 11.6 Å². The topological polar surface area (TPSA) is 51.2 Å². The fraction of sp³-hybridized carbons (Fsp3) is 0.250. The number of halogens is 1. The van der Waals surface area contributed by atoms with E-state index in [9.17, 15) is 4.79 Å². The Morgan fingerprint density at radius 2 is 2.05 bits per heavy atom. The predicted octanol–water partition coefficient (Wildman–Crippen LogP) is 4.19. The second-order valence-electron chi connectivity index (χ2n) is 4.93. The number of carbonyl (C=O) groups excluding carboxylic acids is 1. The lowest BCUT2D eigenvalue weighted by Gasteiger charge is -2.14. The molecule has 0 unspecified atom stereocenters. The van der Waals surface area contributed by atoms with Gasteiger partial charge in [0.15, 0.2) is 0 Å². The van der Waals surface area contributed by atoms with E-state index in [1.165, 1.54) is 0 Å². The molecule has 0 bridgehead atoms. The number of ether oxygens (including phenoxy) is 1. The summed E-state index contributed by atoms with van der Waals surface area (Å²) in [5, 5.41) is 2.79. The number of anilines is 1. The second-order valence-corrected chi connectivity index (χ2v) is 5.84. The van der Waals surface area contributed by atoms with Crippen molar-refractivity contribution in [3.63, 3.8) is 0 Å². The maximum atomic E-state index is 12.4. The lowest BCUT2D eigenvalue weighted by Crippen LogP contribution is -2.16. The standard InChI is InChI=1S/C16H17BrN2O2/c1-10(2)21-14-9-12(17)7-8-13(14)16(20)19-15-6-4-5-11(3)18-15/h4-10H,1-3H3,(H,18,19,20). The summed E-state index contributed by atoms with van der Waals surface area (Å²) < 4.78 is 6.56. The number of aryl methyl sites for hydroxylation is 1. The van der Waals surface area contributed by atoms with Crippen LogP contribution in [0.25, 0.3) is 0 Å². The summed E-state index contributed by atoms with van der Waals surface area (Å²) in [6.07, 6.45) is -0.0112. The molecule has 4 nitrogen and oxygen atoms in total. The maximum Gasteiger partial charge on any atom is 0.260 e. The summed E-state index contributed by atoms with van der Waals surface area (Å²) in [5.74, 6) is 0.833. The second kappa shape index (κ2) is 6.72. The molecule has 21 heavy (non-hydrogen) atoms. The first-order valence-corrected chi connectivity index (χ1v) is 7.46. The van der Waals surface area contributed by atoms with Gasteiger partial charge in [-0.1, -0.05) is 22.0 Å². The molecule has 110 valence electrons. The Kier molecular flexibility index (Phi) is 4.96. The summed E-state index contributed by atoms with van der Waals surface area (Å²) >= 11 is 3.39. The molecule has 0 aliphatic rings. The van der Waals surface area contributed by atoms with Crippen LogP contribution in [0.2, 0.25) is 0 Å². The Labute approximate surface area is 132 Å². The van der Waals surface area contributed by atoms with Crippen molar-refractivity contribution < 1.29 is 9.53 Å². The molecule has 1 aromatic heterocycles. The average Bonchev–Trinajstić information content (AvgIpc) is 2.37. The van der Waals surface area contributed by atoms with Crippen molar-refractivity contribution in [2.45, 2.75) is 26.9 Å². The molecule has 5 heteroatoms. The molecule has 0 saturated carbocycles. The van der Waals surface area contributed by atoms with Gasteiger partial charge in [-0.2, -0.15) is 0 Å². The fourth-order valence-corrected chi connectivity index (χ4v) is 2.17. The molecular formula is C16H17BrN2O2. The monoisotopic (exact) mass is 348 g/mol. The molecule has 1 N–H and O–H groups in total. The molecule has 0 radical (unpaired) electrons. The number of carbonyl (C=O) groups is 1. The van der Waals surface area contributed by atoms with E-state index < -0.39 is 0 Å². The third-order valence-electron chi connectivity index (χ3n) is 2.68. The highest BCUT2D eigenvalue weighted by atomic mass is 79.9. The minimum atomic E-state index is -0.240. The number of nitrogens with zero attached hydrogens (tertiary/aromatic N) is 1. The Balaban J connectivity index is 2.26. The lowest BCUT2D eigenvalue weighted by molar-refractivity contribution is 0.102. The maximum absolute atomic E-state index is 12.4. The van der Waals surface area contributed by atoms with Gasteiger partial charge >= 0.3 is 0 Å². The molecule has 0 fully saturated rings. The van der Waals surface area contributed by atoms with E-state index in [2.05, 4.69) is 26.2 Å². The predicted molar refractivity (Wildman–Crippen MR) is 86.8 cm³/mol. The Bertz CT molecular complexity index is 656. The van der Waals surface area contributed by atoms with Crippen molar-refractivity contribution in [2.24, 2.45) is 0 Å². The summed E-state index contributed by atoms with van der Waals surface area (Å²) in [6, 6.07) is 10.8. The van der Waals surface area contributed by atoms with E-state index in [0.717, 1.165) is 10.2 Å². The summed E-state index contributed by atoms with van der Waals surface area (Å²) in [7, 11) is 0. The van der Waals surface area contributed by atoms with Crippen LogP contribution in [0, 0.1) is 6.92 Å². The Morgan fingerprint density at radius 1 is 1.29 bits per heavy atom. The third kappa shape index (κ3) is 4.29. The molecule has 1 amide bonds. The lowest BCUT2D eigenvalue weighted by atomic mass is 10.2. The zero-order chi connectivity index (χ0) is 15.4. The number of amides is 1. The molecular weight excluding hydrogens is 332 g/mol. The van der Waals surface area contributed by atoms with E-state index in [-0.39, 0.29) is 12.0 Å². The first-order valence-electron chi connectivity index (χ1n) is 6.67. The van der Waals surface area contributed by atoms with Gasteiger partial charge in [0.2, 0.25) is 0 Å². The number of rotatable bonds is 4. The van der Waals surface area contributed by atoms with Crippen LogP contribution < -0.4 is 10.1 Å². The highest BCUT2D eigenvalue weighted by molar-refractivity contribution is 9.10. The number of nitrogens with one attached hydrogen (secondary N) is 1. The molecule has 1 aromatic carbocycles. The highest BCUT2D eigenvalue weighted by Crippen LogP contribution is 2.25. The van der Waals surface area contributed by atoms with Crippen molar-refractivity contribution in [3.05, 3.63) is 52.1 Å². The summed E-state index contributed by atoms with van der Waals surface area (Å²) in [5.41, 5.74) is 1.33. The van der Waals surface area contributed by atoms with Crippen LogP contribution >= 0.6 is 15.9 Å². The van der Waals surface area contributed by atoms with E-state index in [1.807, 2.05) is 39.0 Å². The van der Waals surface area contributed by atoms with Gasteiger partial charge in [-0.3, -0.25) is 4.79 Å². The van der Waals surface area contributed by atoms with Crippen molar-refractivity contribution in [1.82, 2.24) is 4.98 Å². The quantitative estimate of drug-likeness (QED) is 0.900. The Hall–Kier alpha value is -1.88. The number of hydrogen-bond donors (Lipinski definition) is 1. The molecule has 1 heterocycles. The number of aromatic nitrogens is 1.